The molecule has 2 aromatic carbocycles. The maximum atomic E-state index is 9.52. The molecule has 0 aliphatic heterocycles. The molecule has 0 fully saturated rings. The second-order valence-electron chi connectivity index (χ2n) is 3.21. The van der Waals surface area contributed by atoms with Gasteiger partial charge in [-0.3, -0.25) is 0 Å². The lowest BCUT2D eigenvalue weighted by Crippen LogP contribution is -1.87. The number of para-hydroxylation sites is 1. The molecule has 1 heteroatoms. The maximum Gasteiger partial charge on any atom is 0.127 e. The highest BCUT2D eigenvalue weighted by molar-refractivity contribution is 5.35. The van der Waals surface area contributed by atoms with Crippen LogP contribution in [0.5, 0.6) is 5.75 Å². The van der Waals surface area contributed by atoms with Gasteiger partial charge < -0.3 is 5.11 Å². The summed E-state index contributed by atoms with van der Waals surface area (Å²) in [5.74, 6) is 0.247. The van der Waals surface area contributed by atoms with Gasteiger partial charge in [0.1, 0.15) is 5.75 Å². The minimum atomic E-state index is 0.247. The molecule has 0 spiro atoms. The number of hydrogen-bond donors (Lipinski definition) is 1. The van der Waals surface area contributed by atoms with Crippen LogP contribution < -0.4 is 0 Å². The van der Waals surface area contributed by atoms with Crippen LogP contribution in [0.25, 0.3) is 0 Å². The fourth-order valence-corrected chi connectivity index (χ4v) is 1.42. The Hall–Kier alpha value is -1.76. The van der Waals surface area contributed by atoms with E-state index in [2.05, 4.69) is 6.07 Å². The Morgan fingerprint density at radius 2 is 1.79 bits per heavy atom. The first kappa shape index (κ1) is 8.82. The first-order chi connectivity index (χ1) is 6.86. The molecule has 0 unspecified atom stereocenters. The van der Waals surface area contributed by atoms with Crippen molar-refractivity contribution < 1.29 is 5.11 Å². The topological polar surface area (TPSA) is 20.2 Å². The van der Waals surface area contributed by atoms with E-state index in [0.29, 0.717) is 0 Å². The lowest BCUT2D eigenvalue weighted by atomic mass is 10.0. The van der Waals surface area contributed by atoms with E-state index in [1.807, 2.05) is 42.5 Å². The number of hydrogen-bond acceptors (Lipinski definition) is 1. The van der Waals surface area contributed by atoms with Crippen LogP contribution in [0.1, 0.15) is 11.1 Å². The molecule has 14 heavy (non-hydrogen) atoms. The highest BCUT2D eigenvalue weighted by Crippen LogP contribution is 2.18. The Morgan fingerprint density at radius 3 is 2.50 bits per heavy atom. The van der Waals surface area contributed by atoms with Crippen molar-refractivity contribution in [1.82, 2.24) is 0 Å². The van der Waals surface area contributed by atoms with Gasteiger partial charge >= 0.3 is 0 Å². The summed E-state index contributed by atoms with van der Waals surface area (Å²) in [5, 5.41) is 9.52. The average molecular weight is 183 g/mol. The molecule has 0 saturated heterocycles. The number of phenols is 1. The van der Waals surface area contributed by atoms with Crippen molar-refractivity contribution in [1.29, 1.82) is 0 Å². The molecule has 0 saturated carbocycles. The van der Waals surface area contributed by atoms with Crippen LogP contribution in [-0.2, 0) is 6.42 Å². The first-order valence-corrected chi connectivity index (χ1v) is 4.59. The molecule has 0 aliphatic carbocycles. The van der Waals surface area contributed by atoms with Crippen LogP contribution in [0.3, 0.4) is 0 Å². The number of rotatable bonds is 2. The quantitative estimate of drug-likeness (QED) is 0.759. The summed E-state index contributed by atoms with van der Waals surface area (Å²) < 4.78 is 0. The third kappa shape index (κ3) is 1.94. The minimum absolute atomic E-state index is 0.247. The van der Waals surface area contributed by atoms with Crippen molar-refractivity contribution in [3.05, 3.63) is 65.7 Å². The van der Waals surface area contributed by atoms with Gasteiger partial charge in [0.2, 0.25) is 0 Å². The van der Waals surface area contributed by atoms with E-state index >= 15 is 0 Å². The van der Waals surface area contributed by atoms with Gasteiger partial charge in [0, 0.05) is 12.5 Å². The Balaban J connectivity index is 2.24. The van der Waals surface area contributed by atoms with Gasteiger partial charge in [0.15, 0.2) is 0 Å². The third-order valence-electron chi connectivity index (χ3n) is 2.16. The average Bonchev–Trinajstić information content (AvgIpc) is 2.23. The van der Waals surface area contributed by atoms with Gasteiger partial charge in [-0.1, -0.05) is 48.5 Å². The van der Waals surface area contributed by atoms with E-state index in [1.165, 1.54) is 5.56 Å². The molecule has 0 atom stereocenters. The van der Waals surface area contributed by atoms with Crippen LogP contribution in [0.2, 0.25) is 0 Å². The predicted octanol–water partition coefficient (Wildman–Crippen LogP) is 2.78. The van der Waals surface area contributed by atoms with Crippen LogP contribution in [0.15, 0.2) is 48.5 Å². The lowest BCUT2D eigenvalue weighted by molar-refractivity contribution is 0.468. The summed E-state index contributed by atoms with van der Waals surface area (Å²) in [6.07, 6.45) is 0.754. The molecule has 1 N–H and O–H groups in total. The number of phenolic OH excluding ortho intramolecular Hbond substituents is 1. The van der Waals surface area contributed by atoms with Gasteiger partial charge in [-0.2, -0.15) is 0 Å². The lowest BCUT2D eigenvalue weighted by Gasteiger charge is -2.03. The monoisotopic (exact) mass is 183 g/mol. The normalized spacial score (nSPS) is 10.0. The Kier molecular flexibility index (Phi) is 2.50. The van der Waals surface area contributed by atoms with Crippen LogP contribution in [0, 0.1) is 6.07 Å². The molecule has 1 nitrogen and oxygen atoms in total. The third-order valence-corrected chi connectivity index (χ3v) is 2.16. The SMILES string of the molecule is Oc1[c]cccc1Cc1ccccc1. The molecular weight excluding hydrogens is 172 g/mol. The zero-order chi connectivity index (χ0) is 9.80. The Labute approximate surface area is 83.6 Å². The predicted molar refractivity (Wildman–Crippen MR) is 56.2 cm³/mol. The van der Waals surface area contributed by atoms with E-state index in [9.17, 15) is 5.11 Å². The first-order valence-electron chi connectivity index (χ1n) is 4.59. The summed E-state index contributed by atoms with van der Waals surface area (Å²) >= 11 is 0. The maximum absolute atomic E-state index is 9.52. The molecule has 2 rings (SSSR count). The van der Waals surface area contributed by atoms with Crippen molar-refractivity contribution in [2.45, 2.75) is 6.42 Å². The number of aromatic hydroxyl groups is 1. The molecule has 0 amide bonds. The molecule has 0 bridgehead atoms. The smallest absolute Gasteiger partial charge is 0.127 e. The molecular formula is C13H11O. The van der Waals surface area contributed by atoms with E-state index in [4.69, 9.17) is 0 Å². The van der Waals surface area contributed by atoms with Gasteiger partial charge in [-0.15, -0.1) is 0 Å². The Bertz CT molecular complexity index is 407. The van der Waals surface area contributed by atoms with E-state index < -0.39 is 0 Å². The van der Waals surface area contributed by atoms with Gasteiger partial charge in [-0.05, 0) is 11.1 Å². The Morgan fingerprint density at radius 1 is 1.00 bits per heavy atom. The largest absolute Gasteiger partial charge is 0.507 e. The van der Waals surface area contributed by atoms with Crippen molar-refractivity contribution in [3.8, 4) is 5.75 Å². The summed E-state index contributed by atoms with van der Waals surface area (Å²) in [5.41, 5.74) is 2.11. The zero-order valence-electron chi connectivity index (χ0n) is 7.77. The van der Waals surface area contributed by atoms with Crippen molar-refractivity contribution in [2.24, 2.45) is 0 Å². The molecule has 69 valence electrons. The van der Waals surface area contributed by atoms with Crippen LogP contribution >= 0.6 is 0 Å². The van der Waals surface area contributed by atoms with Gasteiger partial charge in [-0.25, -0.2) is 0 Å². The van der Waals surface area contributed by atoms with Crippen molar-refractivity contribution in [3.63, 3.8) is 0 Å². The second kappa shape index (κ2) is 3.97. The summed E-state index contributed by atoms with van der Waals surface area (Å²) in [7, 11) is 0. The van der Waals surface area contributed by atoms with Gasteiger partial charge in [0.25, 0.3) is 0 Å². The van der Waals surface area contributed by atoms with E-state index in [1.54, 1.807) is 6.07 Å². The zero-order valence-corrected chi connectivity index (χ0v) is 7.77. The van der Waals surface area contributed by atoms with Crippen LogP contribution in [0.4, 0.5) is 0 Å². The minimum Gasteiger partial charge on any atom is -0.507 e. The van der Waals surface area contributed by atoms with E-state index in [-0.39, 0.29) is 5.75 Å². The molecule has 0 aliphatic rings. The van der Waals surface area contributed by atoms with Crippen LogP contribution in [-0.4, -0.2) is 5.11 Å². The summed E-state index contributed by atoms with van der Waals surface area (Å²) in [6.45, 7) is 0. The fourth-order valence-electron chi connectivity index (χ4n) is 1.42. The van der Waals surface area contributed by atoms with Crippen molar-refractivity contribution in [2.75, 3.05) is 0 Å². The summed E-state index contributed by atoms with van der Waals surface area (Å²) in [4.78, 5) is 0. The molecule has 0 aromatic heterocycles. The molecule has 0 heterocycles. The van der Waals surface area contributed by atoms with Gasteiger partial charge in [0.05, 0.1) is 0 Å². The summed E-state index contributed by atoms with van der Waals surface area (Å²) in [6, 6.07) is 18.4. The number of benzene rings is 2. The van der Waals surface area contributed by atoms with E-state index in [0.717, 1.165) is 12.0 Å². The second-order valence-corrected chi connectivity index (χ2v) is 3.21. The van der Waals surface area contributed by atoms with Crippen molar-refractivity contribution >= 4 is 0 Å². The molecule has 1 radical (unpaired) electrons. The fraction of sp³-hybridized carbons (Fsp3) is 0.0769. The standard InChI is InChI=1S/C13H11O/c14-13-9-5-4-8-12(13)10-11-6-2-1-3-7-11/h1-8,14H,10H2. The highest BCUT2D eigenvalue weighted by Gasteiger charge is 2.00. The molecule has 2 aromatic rings. The highest BCUT2D eigenvalue weighted by atomic mass is 16.3.